The first kappa shape index (κ1) is 14.8. The van der Waals surface area contributed by atoms with Crippen LogP contribution in [0.25, 0.3) is 0 Å². The molecule has 0 fully saturated rings. The van der Waals surface area contributed by atoms with Crippen molar-refractivity contribution in [3.8, 4) is 0 Å². The van der Waals surface area contributed by atoms with Gasteiger partial charge in [-0.1, -0.05) is 40.2 Å². The SMILES string of the molecule is Cc1cccc(C(=O)N[C@H](C)c2ccc(Br)cc2)c1C. The number of benzene rings is 2. The zero-order chi connectivity index (χ0) is 14.7. The Morgan fingerprint density at radius 2 is 1.75 bits per heavy atom. The van der Waals surface area contributed by atoms with Crippen LogP contribution in [0.4, 0.5) is 0 Å². The van der Waals surface area contributed by atoms with Gasteiger partial charge < -0.3 is 5.32 Å². The first-order chi connectivity index (χ1) is 9.49. The largest absolute Gasteiger partial charge is 0.346 e. The van der Waals surface area contributed by atoms with E-state index >= 15 is 0 Å². The second-order valence-electron chi connectivity index (χ2n) is 4.99. The lowest BCUT2D eigenvalue weighted by molar-refractivity contribution is 0.0939. The number of hydrogen-bond donors (Lipinski definition) is 1. The fourth-order valence-electron chi connectivity index (χ4n) is 2.11. The quantitative estimate of drug-likeness (QED) is 0.877. The zero-order valence-electron chi connectivity index (χ0n) is 11.9. The van der Waals surface area contributed by atoms with Gasteiger partial charge >= 0.3 is 0 Å². The summed E-state index contributed by atoms with van der Waals surface area (Å²) in [6.45, 7) is 5.99. The Morgan fingerprint density at radius 3 is 2.40 bits per heavy atom. The molecule has 0 unspecified atom stereocenters. The second kappa shape index (κ2) is 6.23. The Labute approximate surface area is 128 Å². The molecule has 0 heterocycles. The van der Waals surface area contributed by atoms with Gasteiger partial charge in [0.15, 0.2) is 0 Å². The first-order valence-corrected chi connectivity index (χ1v) is 7.41. The number of hydrogen-bond acceptors (Lipinski definition) is 1. The molecule has 2 nitrogen and oxygen atoms in total. The molecule has 0 aliphatic heterocycles. The lowest BCUT2D eigenvalue weighted by Gasteiger charge is -2.16. The van der Waals surface area contributed by atoms with Crippen LogP contribution < -0.4 is 5.32 Å². The van der Waals surface area contributed by atoms with E-state index in [1.807, 2.05) is 63.2 Å². The minimum Gasteiger partial charge on any atom is -0.346 e. The molecule has 2 rings (SSSR count). The Hall–Kier alpha value is -1.61. The van der Waals surface area contributed by atoms with Crippen LogP contribution in [0.15, 0.2) is 46.9 Å². The van der Waals surface area contributed by atoms with Gasteiger partial charge in [0.1, 0.15) is 0 Å². The molecule has 2 aromatic rings. The van der Waals surface area contributed by atoms with E-state index in [0.29, 0.717) is 0 Å². The Balaban J connectivity index is 2.15. The van der Waals surface area contributed by atoms with Gasteiger partial charge in [0.25, 0.3) is 5.91 Å². The lowest BCUT2D eigenvalue weighted by atomic mass is 10.0. The van der Waals surface area contributed by atoms with Crippen molar-refractivity contribution < 1.29 is 4.79 Å². The summed E-state index contributed by atoms with van der Waals surface area (Å²) in [6.07, 6.45) is 0. The van der Waals surface area contributed by atoms with Crippen molar-refractivity contribution in [3.63, 3.8) is 0 Å². The van der Waals surface area contributed by atoms with Crippen molar-refractivity contribution in [1.82, 2.24) is 5.32 Å². The van der Waals surface area contributed by atoms with Gasteiger partial charge in [0, 0.05) is 10.0 Å². The average Bonchev–Trinajstić information content (AvgIpc) is 2.42. The summed E-state index contributed by atoms with van der Waals surface area (Å²) in [7, 11) is 0. The van der Waals surface area contributed by atoms with Gasteiger partial charge in [-0.15, -0.1) is 0 Å². The fourth-order valence-corrected chi connectivity index (χ4v) is 2.37. The summed E-state index contributed by atoms with van der Waals surface area (Å²) in [5.41, 5.74) is 4.00. The number of halogens is 1. The van der Waals surface area contributed by atoms with E-state index in [9.17, 15) is 4.79 Å². The highest BCUT2D eigenvalue weighted by molar-refractivity contribution is 9.10. The minimum atomic E-state index is -0.0263. The van der Waals surface area contributed by atoms with Gasteiger partial charge in [0.05, 0.1) is 6.04 Å². The van der Waals surface area contributed by atoms with E-state index in [4.69, 9.17) is 0 Å². The maximum Gasteiger partial charge on any atom is 0.252 e. The summed E-state index contributed by atoms with van der Waals surface area (Å²) >= 11 is 3.41. The van der Waals surface area contributed by atoms with Crippen molar-refractivity contribution in [1.29, 1.82) is 0 Å². The molecule has 0 spiro atoms. The molecule has 0 aromatic heterocycles. The first-order valence-electron chi connectivity index (χ1n) is 6.61. The van der Waals surface area contributed by atoms with Gasteiger partial charge in [-0.25, -0.2) is 0 Å². The third-order valence-corrected chi connectivity index (χ3v) is 4.10. The minimum absolute atomic E-state index is 0.0180. The summed E-state index contributed by atoms with van der Waals surface area (Å²) in [5.74, 6) is -0.0263. The molecule has 2 aromatic carbocycles. The molecular formula is C17H18BrNO. The van der Waals surface area contributed by atoms with Crippen LogP contribution in [0.5, 0.6) is 0 Å². The highest BCUT2D eigenvalue weighted by Crippen LogP contribution is 2.18. The van der Waals surface area contributed by atoms with Crippen molar-refractivity contribution in [3.05, 3.63) is 69.2 Å². The van der Waals surface area contributed by atoms with Crippen LogP contribution in [0.2, 0.25) is 0 Å². The summed E-state index contributed by atoms with van der Waals surface area (Å²) in [5, 5.41) is 3.05. The van der Waals surface area contributed by atoms with Gasteiger partial charge in [0.2, 0.25) is 0 Å². The number of carbonyl (C=O) groups excluding carboxylic acids is 1. The maximum atomic E-state index is 12.3. The third kappa shape index (κ3) is 3.28. The van der Waals surface area contributed by atoms with Crippen LogP contribution >= 0.6 is 15.9 Å². The molecule has 104 valence electrons. The monoisotopic (exact) mass is 331 g/mol. The number of nitrogens with one attached hydrogen (secondary N) is 1. The van der Waals surface area contributed by atoms with E-state index in [2.05, 4.69) is 21.2 Å². The molecule has 0 aliphatic rings. The van der Waals surface area contributed by atoms with Crippen molar-refractivity contribution >= 4 is 21.8 Å². The Bertz CT molecular complexity index is 619. The molecule has 0 radical (unpaired) electrons. The standard InChI is InChI=1S/C17H18BrNO/c1-11-5-4-6-16(12(11)2)17(20)19-13(3)14-7-9-15(18)10-8-14/h4-10,13H,1-3H3,(H,19,20)/t13-/m1/s1. The summed E-state index contributed by atoms with van der Waals surface area (Å²) < 4.78 is 1.04. The smallest absolute Gasteiger partial charge is 0.252 e. The molecule has 0 bridgehead atoms. The molecule has 0 saturated carbocycles. The number of amides is 1. The van der Waals surface area contributed by atoms with Crippen LogP contribution in [0.1, 0.15) is 40.0 Å². The van der Waals surface area contributed by atoms with Crippen molar-refractivity contribution in [2.24, 2.45) is 0 Å². The molecular weight excluding hydrogens is 314 g/mol. The molecule has 0 aliphatic carbocycles. The highest BCUT2D eigenvalue weighted by Gasteiger charge is 2.13. The fraction of sp³-hybridized carbons (Fsp3) is 0.235. The third-order valence-electron chi connectivity index (χ3n) is 3.57. The van der Waals surface area contributed by atoms with E-state index < -0.39 is 0 Å². The van der Waals surface area contributed by atoms with E-state index in [0.717, 1.165) is 26.7 Å². The molecule has 3 heteroatoms. The predicted molar refractivity (Wildman–Crippen MR) is 85.9 cm³/mol. The number of carbonyl (C=O) groups is 1. The van der Waals surface area contributed by atoms with Gasteiger partial charge in [-0.2, -0.15) is 0 Å². The summed E-state index contributed by atoms with van der Waals surface area (Å²) in [6, 6.07) is 13.8. The highest BCUT2D eigenvalue weighted by atomic mass is 79.9. The topological polar surface area (TPSA) is 29.1 Å². The normalized spacial score (nSPS) is 12.0. The molecule has 20 heavy (non-hydrogen) atoms. The molecule has 0 saturated heterocycles. The zero-order valence-corrected chi connectivity index (χ0v) is 13.5. The van der Waals surface area contributed by atoms with Crippen LogP contribution in [0.3, 0.4) is 0 Å². The predicted octanol–water partition coefficient (Wildman–Crippen LogP) is 4.56. The molecule has 1 amide bonds. The number of rotatable bonds is 3. The molecule has 1 atom stereocenters. The van der Waals surface area contributed by atoms with Crippen molar-refractivity contribution in [2.45, 2.75) is 26.8 Å². The van der Waals surface area contributed by atoms with E-state index in [1.54, 1.807) is 0 Å². The van der Waals surface area contributed by atoms with Gasteiger partial charge in [-0.05, 0) is 55.7 Å². The maximum absolute atomic E-state index is 12.3. The van der Waals surface area contributed by atoms with Crippen molar-refractivity contribution in [2.75, 3.05) is 0 Å². The lowest BCUT2D eigenvalue weighted by Crippen LogP contribution is -2.27. The number of aryl methyl sites for hydroxylation is 1. The second-order valence-corrected chi connectivity index (χ2v) is 5.91. The van der Waals surface area contributed by atoms with Crippen LogP contribution in [-0.4, -0.2) is 5.91 Å². The Morgan fingerprint density at radius 1 is 1.10 bits per heavy atom. The average molecular weight is 332 g/mol. The van der Waals surface area contributed by atoms with Crippen LogP contribution in [-0.2, 0) is 0 Å². The van der Waals surface area contributed by atoms with E-state index in [1.165, 1.54) is 0 Å². The Kier molecular flexibility index (Phi) is 4.61. The molecule has 1 N–H and O–H groups in total. The van der Waals surface area contributed by atoms with E-state index in [-0.39, 0.29) is 11.9 Å². The summed E-state index contributed by atoms with van der Waals surface area (Å²) in [4.78, 5) is 12.3. The van der Waals surface area contributed by atoms with Crippen LogP contribution in [0, 0.1) is 13.8 Å². The van der Waals surface area contributed by atoms with Gasteiger partial charge in [-0.3, -0.25) is 4.79 Å².